The van der Waals surface area contributed by atoms with Gasteiger partial charge in [-0.05, 0) is 47.0 Å². The van der Waals surface area contributed by atoms with Crippen LogP contribution in [-0.4, -0.2) is 36.8 Å². The quantitative estimate of drug-likeness (QED) is 0.233. The third-order valence-corrected chi connectivity index (χ3v) is 6.64. The van der Waals surface area contributed by atoms with Crippen LogP contribution in [0.2, 0.25) is 0 Å². The predicted molar refractivity (Wildman–Crippen MR) is 150 cm³/mol. The van der Waals surface area contributed by atoms with E-state index in [4.69, 9.17) is 9.84 Å². The number of benzene rings is 3. The van der Waals surface area contributed by atoms with Gasteiger partial charge in [-0.2, -0.15) is 0 Å². The molecule has 0 fully saturated rings. The van der Waals surface area contributed by atoms with Crippen LogP contribution in [0.15, 0.2) is 128 Å². The van der Waals surface area contributed by atoms with Gasteiger partial charge in [0.05, 0.1) is 12.3 Å². The number of hydrogen-bond donors (Lipinski definition) is 0. The Kier molecular flexibility index (Phi) is 6.62. The van der Waals surface area contributed by atoms with Gasteiger partial charge in [-0.1, -0.05) is 91.0 Å². The van der Waals surface area contributed by atoms with Gasteiger partial charge in [-0.3, -0.25) is 4.98 Å². The van der Waals surface area contributed by atoms with Gasteiger partial charge < -0.3 is 4.74 Å². The van der Waals surface area contributed by atoms with Gasteiger partial charge in [0.2, 0.25) is 11.7 Å². The first-order valence-electron chi connectivity index (χ1n) is 12.8. The van der Waals surface area contributed by atoms with Crippen molar-refractivity contribution in [2.45, 2.75) is 12.5 Å². The maximum absolute atomic E-state index is 5.51. The van der Waals surface area contributed by atoms with Crippen molar-refractivity contribution in [3.8, 4) is 28.5 Å². The first-order valence-corrected chi connectivity index (χ1v) is 12.8. The van der Waals surface area contributed by atoms with E-state index in [0.717, 1.165) is 33.5 Å². The summed E-state index contributed by atoms with van der Waals surface area (Å²) in [6, 6.07) is 38.5. The van der Waals surface area contributed by atoms with Crippen LogP contribution in [0.1, 0.15) is 23.6 Å². The van der Waals surface area contributed by atoms with Crippen LogP contribution in [0.5, 0.6) is 5.88 Å². The fourth-order valence-corrected chi connectivity index (χ4v) is 4.92. The number of ether oxygens (including phenoxy) is 1. The van der Waals surface area contributed by atoms with Crippen molar-refractivity contribution in [1.82, 2.24) is 30.2 Å². The highest BCUT2D eigenvalue weighted by atomic mass is 16.5. The maximum atomic E-state index is 5.51. The van der Waals surface area contributed by atoms with E-state index in [1.54, 1.807) is 17.2 Å². The van der Waals surface area contributed by atoms with Gasteiger partial charge in [-0.25, -0.2) is 4.98 Å². The topological polar surface area (TPSA) is 78.6 Å². The lowest BCUT2D eigenvalue weighted by molar-refractivity contribution is 0.327. The largest absolute Gasteiger partial charge is 0.478 e. The Hall–Kier alpha value is -5.17. The normalized spacial score (nSPS) is 11.3. The summed E-state index contributed by atoms with van der Waals surface area (Å²) < 4.78 is 5.51. The average molecular weight is 511 g/mol. The Morgan fingerprint density at radius 1 is 0.692 bits per heavy atom. The molecule has 7 nitrogen and oxygen atoms in total. The molecule has 6 rings (SSSR count). The first kappa shape index (κ1) is 24.2. The molecule has 7 heteroatoms. The number of pyridine rings is 2. The highest BCUT2D eigenvalue weighted by Gasteiger charge is 2.41. The Morgan fingerprint density at radius 3 is 1.85 bits per heavy atom. The van der Waals surface area contributed by atoms with E-state index in [2.05, 4.69) is 56.7 Å². The molecule has 0 spiro atoms. The third kappa shape index (κ3) is 4.44. The summed E-state index contributed by atoms with van der Waals surface area (Å²) >= 11 is 0. The number of hydrogen-bond acceptors (Lipinski definition) is 6. The fourth-order valence-electron chi connectivity index (χ4n) is 4.92. The molecular formula is C32H26N6O. The summed E-state index contributed by atoms with van der Waals surface area (Å²) in [4.78, 5) is 10.8. The molecule has 0 bridgehead atoms. The lowest BCUT2D eigenvalue weighted by Crippen LogP contribution is -2.39. The van der Waals surface area contributed by atoms with Crippen molar-refractivity contribution in [2.75, 3.05) is 6.61 Å². The zero-order valence-electron chi connectivity index (χ0n) is 21.4. The van der Waals surface area contributed by atoms with E-state index >= 15 is 0 Å². The zero-order chi connectivity index (χ0) is 26.5. The van der Waals surface area contributed by atoms with Crippen LogP contribution in [0.3, 0.4) is 0 Å². The minimum atomic E-state index is -0.849. The van der Waals surface area contributed by atoms with Crippen LogP contribution in [0, 0.1) is 0 Å². The summed E-state index contributed by atoms with van der Waals surface area (Å²) in [5.41, 5.74) is 4.54. The van der Waals surface area contributed by atoms with Crippen LogP contribution in [0.4, 0.5) is 0 Å². The first-order chi connectivity index (χ1) is 19.3. The molecule has 0 radical (unpaired) electrons. The van der Waals surface area contributed by atoms with Crippen molar-refractivity contribution >= 4 is 0 Å². The van der Waals surface area contributed by atoms with E-state index in [1.165, 1.54) is 0 Å². The van der Waals surface area contributed by atoms with Gasteiger partial charge in [0, 0.05) is 29.6 Å². The summed E-state index contributed by atoms with van der Waals surface area (Å²) in [6.45, 7) is 2.49. The summed E-state index contributed by atoms with van der Waals surface area (Å²) in [5, 5.41) is 14.3. The van der Waals surface area contributed by atoms with Crippen LogP contribution in [-0.2, 0) is 5.54 Å². The SMILES string of the molecule is CCOc1ccc(-c2ncccc2-c2nnn(C(c3ccccc3)(c3ccccc3)c3ccccc3)n2)cn1. The monoisotopic (exact) mass is 510 g/mol. The standard InChI is InChI=1S/C32H26N6O/c1-2-39-29-21-20-24(23-34-29)30-28(19-12-22-33-30)31-35-37-38(36-31)32(25-13-6-3-7-14-25,26-15-8-4-9-16-26)27-17-10-5-11-18-27/h3-23H,2H2,1H3. The lowest BCUT2D eigenvalue weighted by atomic mass is 9.77. The molecule has 0 saturated heterocycles. The number of aromatic nitrogens is 6. The molecule has 0 aliphatic carbocycles. The highest BCUT2D eigenvalue weighted by molar-refractivity contribution is 5.76. The molecule has 3 heterocycles. The molecule has 6 aromatic rings. The van der Waals surface area contributed by atoms with Crippen molar-refractivity contribution in [3.05, 3.63) is 144 Å². The average Bonchev–Trinajstić information content (AvgIpc) is 3.50. The third-order valence-electron chi connectivity index (χ3n) is 6.64. The smallest absolute Gasteiger partial charge is 0.213 e. The van der Waals surface area contributed by atoms with E-state index in [1.807, 2.05) is 85.8 Å². The highest BCUT2D eigenvalue weighted by Crippen LogP contribution is 2.40. The molecule has 0 unspecified atom stereocenters. The van der Waals surface area contributed by atoms with E-state index < -0.39 is 5.54 Å². The maximum Gasteiger partial charge on any atom is 0.213 e. The predicted octanol–water partition coefficient (Wildman–Crippen LogP) is 6.04. The minimum absolute atomic E-state index is 0.471. The molecule has 0 atom stereocenters. The van der Waals surface area contributed by atoms with Gasteiger partial charge >= 0.3 is 0 Å². The second kappa shape index (κ2) is 10.7. The summed E-state index contributed by atoms with van der Waals surface area (Å²) in [7, 11) is 0. The number of rotatable bonds is 8. The Morgan fingerprint density at radius 2 is 1.31 bits per heavy atom. The molecule has 0 aliphatic heterocycles. The van der Waals surface area contributed by atoms with Gasteiger partial charge in [0.25, 0.3) is 0 Å². The van der Waals surface area contributed by atoms with Crippen LogP contribution in [0.25, 0.3) is 22.6 Å². The van der Waals surface area contributed by atoms with Gasteiger partial charge in [-0.15, -0.1) is 15.0 Å². The van der Waals surface area contributed by atoms with E-state index in [0.29, 0.717) is 18.3 Å². The molecule has 39 heavy (non-hydrogen) atoms. The van der Waals surface area contributed by atoms with Crippen molar-refractivity contribution in [3.63, 3.8) is 0 Å². The Bertz CT molecular complexity index is 1560. The van der Waals surface area contributed by atoms with E-state index in [-0.39, 0.29) is 0 Å². The van der Waals surface area contributed by atoms with Crippen molar-refractivity contribution in [1.29, 1.82) is 0 Å². The minimum Gasteiger partial charge on any atom is -0.478 e. The molecule has 0 aliphatic rings. The van der Waals surface area contributed by atoms with Gasteiger partial charge in [0.15, 0.2) is 5.54 Å². The second-order valence-corrected chi connectivity index (χ2v) is 8.93. The second-order valence-electron chi connectivity index (χ2n) is 8.93. The van der Waals surface area contributed by atoms with Crippen LogP contribution < -0.4 is 4.74 Å². The number of nitrogens with zero attached hydrogens (tertiary/aromatic N) is 6. The van der Waals surface area contributed by atoms with Crippen LogP contribution >= 0.6 is 0 Å². The van der Waals surface area contributed by atoms with Crippen molar-refractivity contribution in [2.24, 2.45) is 0 Å². The van der Waals surface area contributed by atoms with Crippen molar-refractivity contribution < 1.29 is 4.74 Å². The zero-order valence-corrected chi connectivity index (χ0v) is 21.4. The fraction of sp³-hybridized carbons (Fsp3) is 0.0938. The van der Waals surface area contributed by atoms with E-state index in [9.17, 15) is 0 Å². The molecule has 190 valence electrons. The molecule has 0 amide bonds. The molecule has 0 N–H and O–H groups in total. The molecular weight excluding hydrogens is 484 g/mol. The number of tetrazole rings is 1. The summed E-state index contributed by atoms with van der Waals surface area (Å²) in [5.74, 6) is 1.04. The molecule has 0 saturated carbocycles. The van der Waals surface area contributed by atoms with Gasteiger partial charge in [0.1, 0.15) is 0 Å². The molecule has 3 aromatic carbocycles. The lowest BCUT2D eigenvalue weighted by Gasteiger charge is -2.34. The Labute approximate surface area is 226 Å². The molecule has 3 aromatic heterocycles. The Balaban J connectivity index is 1.54. The summed E-state index contributed by atoms with van der Waals surface area (Å²) in [6.07, 6.45) is 3.51.